The molecule has 0 radical (unpaired) electrons. The van der Waals surface area contributed by atoms with Crippen LogP contribution in [0.4, 0.5) is 5.82 Å². The number of H-pyrrole nitrogens is 2. The summed E-state index contributed by atoms with van der Waals surface area (Å²) in [6.45, 7) is 1.24. The number of benzene rings is 1. The molecule has 0 atom stereocenters. The molecule has 6 nitrogen and oxygen atoms in total. The third-order valence-corrected chi connectivity index (χ3v) is 2.84. The van der Waals surface area contributed by atoms with Crippen LogP contribution in [0.15, 0.2) is 23.0 Å². The van der Waals surface area contributed by atoms with Gasteiger partial charge in [-0.25, -0.2) is 0 Å². The Morgan fingerprint density at radius 3 is 2.61 bits per heavy atom. The summed E-state index contributed by atoms with van der Waals surface area (Å²) in [5.41, 5.74) is 6.60. The molecule has 2 aromatic rings. The van der Waals surface area contributed by atoms with E-state index in [1.807, 2.05) is 0 Å². The average molecular weight is 247 g/mol. The minimum atomic E-state index is -0.248. The number of nitrogens with two attached hydrogens (primary N) is 1. The fourth-order valence-corrected chi connectivity index (χ4v) is 1.98. The molecule has 0 unspecified atom stereocenters. The van der Waals surface area contributed by atoms with Crippen LogP contribution in [0.1, 0.15) is 6.42 Å². The number of hydrogen-bond acceptors (Lipinski definition) is 4. The largest absolute Gasteiger partial charge is 0.490 e. The molecule has 1 aromatic carbocycles. The monoisotopic (exact) mass is 247 g/mol. The first-order chi connectivity index (χ1) is 8.75. The molecule has 4 N–H and O–H groups in total. The molecule has 1 aliphatic rings. The molecule has 1 aliphatic heterocycles. The highest BCUT2D eigenvalue weighted by Gasteiger charge is 2.15. The summed E-state index contributed by atoms with van der Waals surface area (Å²) in [6, 6.07) is 5.36. The molecule has 0 spiro atoms. The molecule has 0 fully saturated rings. The molecule has 0 bridgehead atoms. The van der Waals surface area contributed by atoms with Crippen LogP contribution in [0.5, 0.6) is 11.5 Å². The molecule has 2 heterocycles. The lowest BCUT2D eigenvalue weighted by molar-refractivity contribution is 0.297. The first kappa shape index (κ1) is 10.8. The second-order valence-electron chi connectivity index (χ2n) is 4.08. The number of fused-ring (bicyclic) bond motifs is 1. The zero-order valence-corrected chi connectivity index (χ0v) is 9.66. The Hall–Kier alpha value is -2.37. The molecular formula is C12H13N3O3. The van der Waals surface area contributed by atoms with Crippen molar-refractivity contribution in [1.82, 2.24) is 10.2 Å². The first-order valence-corrected chi connectivity index (χ1v) is 5.72. The van der Waals surface area contributed by atoms with Crippen LogP contribution in [0.25, 0.3) is 11.1 Å². The maximum atomic E-state index is 11.6. The molecule has 0 saturated heterocycles. The zero-order chi connectivity index (χ0) is 12.5. The Morgan fingerprint density at radius 1 is 1.11 bits per heavy atom. The van der Waals surface area contributed by atoms with Crippen molar-refractivity contribution in [2.24, 2.45) is 0 Å². The lowest BCUT2D eigenvalue weighted by atomic mass is 10.1. The van der Waals surface area contributed by atoms with E-state index >= 15 is 0 Å². The van der Waals surface area contributed by atoms with Crippen LogP contribution in [-0.2, 0) is 0 Å². The third kappa shape index (κ3) is 1.71. The van der Waals surface area contributed by atoms with Gasteiger partial charge in [-0.15, -0.1) is 0 Å². The standard InChI is InChI=1S/C12H13N3O3/c13-11-10(12(16)15-14-11)7-2-3-8-9(6-7)18-5-1-4-17-8/h2-3,6H,1,4-5H2,(H4,13,14,15,16). The van der Waals surface area contributed by atoms with Crippen molar-refractivity contribution in [2.75, 3.05) is 18.9 Å². The predicted molar refractivity (Wildman–Crippen MR) is 66.9 cm³/mol. The van der Waals surface area contributed by atoms with Gasteiger partial charge in [0.2, 0.25) is 0 Å². The van der Waals surface area contributed by atoms with E-state index < -0.39 is 0 Å². The summed E-state index contributed by atoms with van der Waals surface area (Å²) >= 11 is 0. The second-order valence-corrected chi connectivity index (χ2v) is 4.08. The molecule has 0 amide bonds. The van der Waals surface area contributed by atoms with Crippen molar-refractivity contribution in [3.63, 3.8) is 0 Å². The first-order valence-electron chi connectivity index (χ1n) is 5.72. The SMILES string of the molecule is Nc1[nH][nH]c(=O)c1-c1ccc2c(c1)OCCCO2. The third-order valence-electron chi connectivity index (χ3n) is 2.84. The van der Waals surface area contributed by atoms with Gasteiger partial charge in [-0.3, -0.25) is 15.0 Å². The van der Waals surface area contributed by atoms with E-state index in [2.05, 4.69) is 10.2 Å². The minimum absolute atomic E-state index is 0.248. The highest BCUT2D eigenvalue weighted by molar-refractivity contribution is 5.74. The molecule has 18 heavy (non-hydrogen) atoms. The number of rotatable bonds is 1. The zero-order valence-electron chi connectivity index (χ0n) is 9.66. The van der Waals surface area contributed by atoms with Crippen molar-refractivity contribution >= 4 is 5.82 Å². The molecule has 0 saturated carbocycles. The van der Waals surface area contributed by atoms with Crippen LogP contribution in [-0.4, -0.2) is 23.4 Å². The van der Waals surface area contributed by atoms with E-state index in [9.17, 15) is 4.79 Å². The highest BCUT2D eigenvalue weighted by Crippen LogP contribution is 2.34. The topological polar surface area (TPSA) is 93.1 Å². The number of nitrogen functional groups attached to an aromatic ring is 1. The molecule has 94 valence electrons. The maximum Gasteiger partial charge on any atom is 0.273 e. The average Bonchev–Trinajstić information content (AvgIpc) is 2.59. The Kier molecular flexibility index (Phi) is 2.47. The molecule has 6 heteroatoms. The number of aromatic amines is 2. The predicted octanol–water partition coefficient (Wildman–Crippen LogP) is 1.11. The van der Waals surface area contributed by atoms with E-state index in [4.69, 9.17) is 15.2 Å². The van der Waals surface area contributed by atoms with Crippen molar-refractivity contribution in [3.05, 3.63) is 28.6 Å². The number of ether oxygens (including phenoxy) is 2. The van der Waals surface area contributed by atoms with Gasteiger partial charge in [0, 0.05) is 6.42 Å². The van der Waals surface area contributed by atoms with Crippen LogP contribution in [0.3, 0.4) is 0 Å². The fourth-order valence-electron chi connectivity index (χ4n) is 1.98. The van der Waals surface area contributed by atoms with Gasteiger partial charge >= 0.3 is 0 Å². The van der Waals surface area contributed by atoms with Crippen LogP contribution < -0.4 is 20.8 Å². The lowest BCUT2D eigenvalue weighted by Crippen LogP contribution is -2.02. The quantitative estimate of drug-likeness (QED) is 0.703. The molecule has 0 aliphatic carbocycles. The van der Waals surface area contributed by atoms with E-state index in [0.29, 0.717) is 41.7 Å². The van der Waals surface area contributed by atoms with Crippen molar-refractivity contribution in [1.29, 1.82) is 0 Å². The van der Waals surface area contributed by atoms with Gasteiger partial charge in [0.15, 0.2) is 11.5 Å². The van der Waals surface area contributed by atoms with Crippen LogP contribution >= 0.6 is 0 Å². The van der Waals surface area contributed by atoms with Crippen LogP contribution in [0.2, 0.25) is 0 Å². The van der Waals surface area contributed by atoms with Gasteiger partial charge in [-0.1, -0.05) is 6.07 Å². The molecule has 1 aromatic heterocycles. The van der Waals surface area contributed by atoms with Gasteiger partial charge in [-0.05, 0) is 17.7 Å². The Labute approximate surface area is 103 Å². The Bertz CT molecular complexity index is 630. The smallest absolute Gasteiger partial charge is 0.273 e. The van der Waals surface area contributed by atoms with Crippen molar-refractivity contribution < 1.29 is 9.47 Å². The summed E-state index contributed by atoms with van der Waals surface area (Å²) in [6.07, 6.45) is 0.844. The number of hydrogen-bond donors (Lipinski definition) is 3. The highest BCUT2D eigenvalue weighted by atomic mass is 16.5. The summed E-state index contributed by atoms with van der Waals surface area (Å²) in [4.78, 5) is 11.6. The maximum absolute atomic E-state index is 11.6. The van der Waals surface area contributed by atoms with E-state index in [-0.39, 0.29) is 5.56 Å². The number of aromatic nitrogens is 2. The van der Waals surface area contributed by atoms with Gasteiger partial charge < -0.3 is 15.2 Å². The van der Waals surface area contributed by atoms with E-state index in [1.54, 1.807) is 18.2 Å². The van der Waals surface area contributed by atoms with E-state index in [1.165, 1.54) is 0 Å². The van der Waals surface area contributed by atoms with Gasteiger partial charge in [0.25, 0.3) is 5.56 Å². The Balaban J connectivity index is 2.10. The van der Waals surface area contributed by atoms with Gasteiger partial charge in [0.05, 0.1) is 18.8 Å². The summed E-state index contributed by atoms with van der Waals surface area (Å²) in [5.74, 6) is 1.65. The molecule has 3 rings (SSSR count). The number of nitrogens with one attached hydrogen (secondary N) is 2. The Morgan fingerprint density at radius 2 is 1.89 bits per heavy atom. The number of anilines is 1. The summed E-state index contributed by atoms with van der Waals surface area (Å²) < 4.78 is 11.1. The van der Waals surface area contributed by atoms with Gasteiger partial charge in [-0.2, -0.15) is 0 Å². The fraction of sp³-hybridized carbons (Fsp3) is 0.250. The van der Waals surface area contributed by atoms with Crippen LogP contribution in [0, 0.1) is 0 Å². The lowest BCUT2D eigenvalue weighted by Gasteiger charge is -2.08. The van der Waals surface area contributed by atoms with Crippen molar-refractivity contribution in [2.45, 2.75) is 6.42 Å². The second kappa shape index (κ2) is 4.14. The minimum Gasteiger partial charge on any atom is -0.490 e. The summed E-state index contributed by atoms with van der Waals surface area (Å²) in [7, 11) is 0. The van der Waals surface area contributed by atoms with Crippen molar-refractivity contribution in [3.8, 4) is 22.6 Å². The summed E-state index contributed by atoms with van der Waals surface area (Å²) in [5, 5.41) is 5.05. The normalized spacial score (nSPS) is 14.2. The van der Waals surface area contributed by atoms with Gasteiger partial charge in [0.1, 0.15) is 5.82 Å². The molecular weight excluding hydrogens is 234 g/mol. The van der Waals surface area contributed by atoms with E-state index in [0.717, 1.165) is 6.42 Å².